The number of esters is 2. The highest BCUT2D eigenvalue weighted by Crippen LogP contribution is 2.06. The minimum absolute atomic E-state index is 0.281. The quantitative estimate of drug-likeness (QED) is 0.111. The number of rotatable bonds is 14. The van der Waals surface area contributed by atoms with E-state index in [0.717, 1.165) is 61.3 Å². The van der Waals surface area contributed by atoms with Gasteiger partial charge in [0.1, 0.15) is 26.3 Å². The van der Waals surface area contributed by atoms with Crippen molar-refractivity contribution in [3.8, 4) is 0 Å². The lowest BCUT2D eigenvalue weighted by molar-refractivity contribution is -0.923. The highest BCUT2D eigenvalue weighted by Gasteiger charge is 2.21. The third kappa shape index (κ3) is 20.1. The van der Waals surface area contributed by atoms with Crippen LogP contribution in [-0.2, 0) is 29.5 Å². The lowest BCUT2D eigenvalue weighted by Gasteiger charge is -2.35. The smallest absolute Gasteiger partial charge is 0.333 e. The Hall–Kier alpha value is -1.79. The number of hydrogen-bond donors (Lipinski definition) is 0. The summed E-state index contributed by atoms with van der Waals surface area (Å²) < 4.78 is 46.3. The van der Waals surface area contributed by atoms with Crippen LogP contribution in [0.1, 0.15) is 55.4 Å². The molecule has 0 amide bonds. The minimum Gasteiger partial charge on any atom is -0.759 e. The molecule has 0 bridgehead atoms. The zero-order valence-electron chi connectivity index (χ0n) is 23.1. The number of ether oxygens (including phenoxy) is 2. The standard InChI is InChI=1S/2C12H24NO2.H2O4S/c2*1-6-13(7-2,8-3)9-10-15-12(14)11(4)5;1-5(2,3)4/h2*4,6-10H2,1-3,5H3;(H2,1,2,3,4)/q2*+1;/p-2. The van der Waals surface area contributed by atoms with Crippen LogP contribution in [0.5, 0.6) is 0 Å². The fourth-order valence-electron chi connectivity index (χ4n) is 3.20. The summed E-state index contributed by atoms with van der Waals surface area (Å²) in [6.45, 7) is 32.7. The van der Waals surface area contributed by atoms with Crippen LogP contribution in [0.3, 0.4) is 0 Å². The fraction of sp³-hybridized carbons (Fsp3) is 0.750. The second-order valence-corrected chi connectivity index (χ2v) is 9.09. The van der Waals surface area contributed by atoms with Gasteiger partial charge in [0, 0.05) is 21.5 Å². The number of likely N-dealkylation sites (N-methyl/N-ethyl adjacent to an activating group) is 2. The zero-order valence-corrected chi connectivity index (χ0v) is 23.9. The SMILES string of the molecule is C=C(C)C(=O)OCC[N+](CC)(CC)CC.C=C(C)C(=O)OCC[N+](CC)(CC)CC.O=S(=O)([O-])[O-]. The second-order valence-electron chi connectivity index (χ2n) is 8.27. The first-order chi connectivity index (χ1) is 16.0. The Bertz CT molecular complexity index is 670. The van der Waals surface area contributed by atoms with Gasteiger partial charge in [-0.3, -0.25) is 8.42 Å². The van der Waals surface area contributed by atoms with E-state index in [9.17, 15) is 9.59 Å². The molecule has 0 aliphatic rings. The predicted octanol–water partition coefficient (Wildman–Crippen LogP) is 2.63. The van der Waals surface area contributed by atoms with E-state index < -0.39 is 10.4 Å². The molecule has 0 N–H and O–H groups in total. The average Bonchev–Trinajstić information content (AvgIpc) is 2.79. The molecule has 0 aromatic rings. The van der Waals surface area contributed by atoms with Crippen LogP contribution in [0, 0.1) is 0 Å². The van der Waals surface area contributed by atoms with E-state index >= 15 is 0 Å². The van der Waals surface area contributed by atoms with E-state index in [1.807, 2.05) is 0 Å². The Morgan fingerprint density at radius 2 is 0.857 bits per heavy atom. The van der Waals surface area contributed by atoms with Crippen LogP contribution in [0.15, 0.2) is 24.3 Å². The van der Waals surface area contributed by atoms with Gasteiger partial charge in [-0.2, -0.15) is 0 Å². The molecule has 11 heteroatoms. The van der Waals surface area contributed by atoms with Gasteiger partial charge < -0.3 is 27.5 Å². The van der Waals surface area contributed by atoms with Crippen LogP contribution in [0.2, 0.25) is 0 Å². The van der Waals surface area contributed by atoms with Crippen molar-refractivity contribution in [1.82, 2.24) is 0 Å². The molecule has 0 aliphatic carbocycles. The van der Waals surface area contributed by atoms with Crippen molar-refractivity contribution in [3.05, 3.63) is 24.3 Å². The summed E-state index contributed by atoms with van der Waals surface area (Å²) in [6.07, 6.45) is 0. The maximum atomic E-state index is 11.2. The molecule has 0 atom stereocenters. The van der Waals surface area contributed by atoms with Crippen LogP contribution in [0.25, 0.3) is 0 Å². The van der Waals surface area contributed by atoms with Crippen molar-refractivity contribution in [2.75, 3.05) is 65.6 Å². The van der Waals surface area contributed by atoms with Crippen molar-refractivity contribution >= 4 is 22.3 Å². The van der Waals surface area contributed by atoms with Gasteiger partial charge in [-0.15, -0.1) is 0 Å². The molecule has 0 spiro atoms. The second kappa shape index (κ2) is 19.4. The van der Waals surface area contributed by atoms with Crippen LogP contribution >= 0.6 is 0 Å². The van der Waals surface area contributed by atoms with Gasteiger partial charge in [0.05, 0.1) is 39.3 Å². The molecule has 35 heavy (non-hydrogen) atoms. The monoisotopic (exact) mass is 524 g/mol. The molecule has 0 radical (unpaired) electrons. The van der Waals surface area contributed by atoms with Gasteiger partial charge in [0.15, 0.2) is 0 Å². The fourth-order valence-corrected chi connectivity index (χ4v) is 3.20. The Kier molecular flexibility index (Phi) is 20.9. The number of quaternary nitrogens is 2. The van der Waals surface area contributed by atoms with E-state index in [4.69, 9.17) is 27.0 Å². The van der Waals surface area contributed by atoms with Crippen LogP contribution in [0.4, 0.5) is 0 Å². The molecule has 0 heterocycles. The molecule has 10 nitrogen and oxygen atoms in total. The highest BCUT2D eigenvalue weighted by atomic mass is 32.3. The number of carbonyl (C=O) groups excluding carboxylic acids is 2. The third-order valence-corrected chi connectivity index (χ3v) is 6.32. The van der Waals surface area contributed by atoms with Crippen molar-refractivity contribution in [3.63, 3.8) is 0 Å². The number of carbonyl (C=O) groups is 2. The molecule has 0 aromatic heterocycles. The van der Waals surface area contributed by atoms with E-state index in [0.29, 0.717) is 24.4 Å². The Balaban J connectivity index is -0.000000491. The van der Waals surface area contributed by atoms with Gasteiger partial charge in [-0.1, -0.05) is 13.2 Å². The van der Waals surface area contributed by atoms with Crippen molar-refractivity contribution < 1.29 is 45.6 Å². The minimum atomic E-state index is -5.17. The van der Waals surface area contributed by atoms with E-state index in [1.54, 1.807) is 13.8 Å². The summed E-state index contributed by atoms with van der Waals surface area (Å²) in [5.74, 6) is -0.562. The van der Waals surface area contributed by atoms with Gasteiger partial charge >= 0.3 is 11.9 Å². The summed E-state index contributed by atoms with van der Waals surface area (Å²) >= 11 is 0. The van der Waals surface area contributed by atoms with Gasteiger partial charge in [-0.05, 0) is 55.4 Å². The zero-order chi connectivity index (χ0) is 28.3. The summed E-state index contributed by atoms with van der Waals surface area (Å²) in [6, 6.07) is 0. The van der Waals surface area contributed by atoms with E-state index in [-0.39, 0.29) is 11.9 Å². The van der Waals surface area contributed by atoms with Crippen molar-refractivity contribution in [2.24, 2.45) is 0 Å². The average molecular weight is 525 g/mol. The molecular weight excluding hydrogens is 476 g/mol. The molecule has 0 fully saturated rings. The molecule has 0 saturated heterocycles. The Morgan fingerprint density at radius 1 is 0.657 bits per heavy atom. The Morgan fingerprint density at radius 3 is 1.00 bits per heavy atom. The van der Waals surface area contributed by atoms with Gasteiger partial charge in [0.2, 0.25) is 0 Å². The summed E-state index contributed by atoms with van der Waals surface area (Å²) in [7, 11) is -5.17. The Labute approximate surface area is 213 Å². The highest BCUT2D eigenvalue weighted by molar-refractivity contribution is 7.79. The first-order valence-corrected chi connectivity index (χ1v) is 13.4. The molecular formula is C24H48N2O8S. The third-order valence-electron chi connectivity index (χ3n) is 6.32. The summed E-state index contributed by atoms with van der Waals surface area (Å²) in [4.78, 5) is 22.3. The lowest BCUT2D eigenvalue weighted by atomic mass is 10.3. The first-order valence-electron chi connectivity index (χ1n) is 12.0. The lowest BCUT2D eigenvalue weighted by Crippen LogP contribution is -2.49. The van der Waals surface area contributed by atoms with Crippen LogP contribution in [-0.4, -0.2) is 104 Å². The maximum Gasteiger partial charge on any atom is 0.333 e. The molecule has 0 unspecified atom stereocenters. The molecule has 0 aliphatic heterocycles. The number of hydrogen-bond acceptors (Lipinski definition) is 8. The van der Waals surface area contributed by atoms with Crippen LogP contribution < -0.4 is 0 Å². The van der Waals surface area contributed by atoms with E-state index in [1.165, 1.54) is 0 Å². The first kappa shape index (κ1) is 37.8. The largest absolute Gasteiger partial charge is 0.759 e. The van der Waals surface area contributed by atoms with Gasteiger partial charge in [-0.25, -0.2) is 9.59 Å². The summed E-state index contributed by atoms with van der Waals surface area (Å²) in [5, 5.41) is 0. The van der Waals surface area contributed by atoms with E-state index in [2.05, 4.69) is 54.7 Å². The molecule has 0 aromatic carbocycles. The topological polar surface area (TPSA) is 133 Å². The molecule has 208 valence electrons. The van der Waals surface area contributed by atoms with Crippen molar-refractivity contribution in [1.29, 1.82) is 0 Å². The maximum absolute atomic E-state index is 11.2. The van der Waals surface area contributed by atoms with Crippen molar-refractivity contribution in [2.45, 2.75) is 55.4 Å². The summed E-state index contributed by atoms with van der Waals surface area (Å²) in [5.41, 5.74) is 0.940. The van der Waals surface area contributed by atoms with Gasteiger partial charge in [0.25, 0.3) is 0 Å². The molecule has 0 rings (SSSR count). The predicted molar refractivity (Wildman–Crippen MR) is 136 cm³/mol. The number of nitrogens with zero attached hydrogens (tertiary/aromatic N) is 2. The molecule has 0 saturated carbocycles. The normalized spacial score (nSPS) is 11.3.